The van der Waals surface area contributed by atoms with E-state index in [4.69, 9.17) is 19.6 Å². The third-order valence-corrected chi connectivity index (χ3v) is 3.69. The monoisotopic (exact) mass is 342 g/mol. The molecule has 8 nitrogen and oxygen atoms in total. The number of anilines is 1. The predicted molar refractivity (Wildman–Crippen MR) is 91.1 cm³/mol. The van der Waals surface area contributed by atoms with Gasteiger partial charge in [0.15, 0.2) is 5.69 Å². The van der Waals surface area contributed by atoms with Crippen LogP contribution in [0.15, 0.2) is 35.1 Å². The van der Waals surface area contributed by atoms with Crippen LogP contribution in [0.2, 0.25) is 0 Å². The summed E-state index contributed by atoms with van der Waals surface area (Å²) in [7, 11) is 3.26. The lowest BCUT2D eigenvalue weighted by Crippen LogP contribution is -2.08. The molecule has 0 amide bonds. The molecule has 130 valence electrons. The Hall–Kier alpha value is -3.29. The highest BCUT2D eigenvalue weighted by molar-refractivity contribution is 5.97. The Morgan fingerprint density at radius 3 is 2.84 bits per heavy atom. The van der Waals surface area contributed by atoms with Gasteiger partial charge in [0.25, 0.3) is 0 Å². The first-order chi connectivity index (χ1) is 12.1. The molecule has 2 N–H and O–H groups in total. The molecule has 0 aliphatic carbocycles. The molecule has 0 saturated heterocycles. The Kier molecular flexibility index (Phi) is 4.42. The van der Waals surface area contributed by atoms with Crippen molar-refractivity contribution in [3.63, 3.8) is 0 Å². The van der Waals surface area contributed by atoms with E-state index in [9.17, 15) is 4.79 Å². The highest BCUT2D eigenvalue weighted by atomic mass is 16.5. The minimum absolute atomic E-state index is 0.0722. The van der Waals surface area contributed by atoms with E-state index < -0.39 is 5.97 Å². The van der Waals surface area contributed by atoms with E-state index in [1.165, 1.54) is 10.9 Å². The zero-order chi connectivity index (χ0) is 18.0. The molecule has 1 aromatic carbocycles. The number of carbonyl (C=O) groups excluding carboxylic acids is 1. The zero-order valence-electron chi connectivity index (χ0n) is 14.1. The molecule has 2 aromatic heterocycles. The van der Waals surface area contributed by atoms with E-state index in [2.05, 4.69) is 10.1 Å². The summed E-state index contributed by atoms with van der Waals surface area (Å²) in [5, 5.41) is 4.20. The summed E-state index contributed by atoms with van der Waals surface area (Å²) < 4.78 is 17.3. The average molecular weight is 342 g/mol. The van der Waals surface area contributed by atoms with Gasteiger partial charge in [-0.05, 0) is 25.1 Å². The number of oxazole rings is 1. The van der Waals surface area contributed by atoms with Crippen molar-refractivity contribution >= 4 is 11.7 Å². The average Bonchev–Trinajstić information content (AvgIpc) is 3.23. The van der Waals surface area contributed by atoms with E-state index in [1.54, 1.807) is 33.3 Å². The first kappa shape index (κ1) is 16.6. The Morgan fingerprint density at radius 1 is 1.40 bits per heavy atom. The van der Waals surface area contributed by atoms with Gasteiger partial charge < -0.3 is 19.6 Å². The Morgan fingerprint density at radius 2 is 2.20 bits per heavy atom. The van der Waals surface area contributed by atoms with Crippen molar-refractivity contribution in [3.8, 4) is 28.5 Å². The van der Waals surface area contributed by atoms with E-state index in [1.807, 2.05) is 12.1 Å². The summed E-state index contributed by atoms with van der Waals surface area (Å²) in [6.07, 6.45) is 3.06. The minimum atomic E-state index is -0.565. The molecule has 0 radical (unpaired) electrons. The van der Waals surface area contributed by atoms with Gasteiger partial charge in [-0.2, -0.15) is 5.10 Å². The molecule has 3 aromatic rings. The standard InChI is InChI=1S/C17H18N4O4/c1-4-24-17(22)14-13(18)15(21(2)20-14)11-9-10(5-6-12(11)23-3)16-19-7-8-25-16/h5-9H,4,18H2,1-3H3. The number of benzene rings is 1. The Bertz CT molecular complexity index is 900. The van der Waals surface area contributed by atoms with E-state index >= 15 is 0 Å². The number of hydrogen-bond acceptors (Lipinski definition) is 7. The molecule has 2 heterocycles. The van der Waals surface area contributed by atoms with Gasteiger partial charge in [-0.1, -0.05) is 0 Å². The van der Waals surface area contributed by atoms with Crippen LogP contribution in [0.25, 0.3) is 22.7 Å². The number of aryl methyl sites for hydroxylation is 1. The maximum atomic E-state index is 12.0. The second-order valence-electron chi connectivity index (χ2n) is 5.21. The predicted octanol–water partition coefficient (Wildman–Crippen LogP) is 2.51. The molecule has 0 bridgehead atoms. The topological polar surface area (TPSA) is 105 Å². The molecule has 3 rings (SSSR count). The highest BCUT2D eigenvalue weighted by Gasteiger charge is 2.24. The molecule has 0 fully saturated rings. The van der Waals surface area contributed by atoms with Crippen molar-refractivity contribution in [2.24, 2.45) is 7.05 Å². The van der Waals surface area contributed by atoms with Crippen LogP contribution in [-0.2, 0) is 11.8 Å². The molecular formula is C17H18N4O4. The second kappa shape index (κ2) is 6.68. The van der Waals surface area contributed by atoms with Gasteiger partial charge in [-0.25, -0.2) is 9.78 Å². The number of nitrogen functional groups attached to an aromatic ring is 1. The molecular weight excluding hydrogens is 324 g/mol. The van der Waals surface area contributed by atoms with E-state index in [0.717, 1.165) is 5.56 Å². The molecule has 0 atom stereocenters. The summed E-state index contributed by atoms with van der Waals surface area (Å²) >= 11 is 0. The van der Waals surface area contributed by atoms with Gasteiger partial charge in [0.1, 0.15) is 12.0 Å². The van der Waals surface area contributed by atoms with E-state index in [-0.39, 0.29) is 18.0 Å². The number of hydrogen-bond donors (Lipinski definition) is 1. The van der Waals surface area contributed by atoms with Gasteiger partial charge >= 0.3 is 5.97 Å². The van der Waals surface area contributed by atoms with Gasteiger partial charge in [0.05, 0.1) is 31.3 Å². The summed E-state index contributed by atoms with van der Waals surface area (Å²) in [6.45, 7) is 1.97. The summed E-state index contributed by atoms with van der Waals surface area (Å²) in [5.41, 5.74) is 8.45. The van der Waals surface area contributed by atoms with Crippen molar-refractivity contribution in [2.75, 3.05) is 19.5 Å². The van der Waals surface area contributed by atoms with Crippen LogP contribution in [-0.4, -0.2) is 34.5 Å². The maximum Gasteiger partial charge on any atom is 0.361 e. The molecule has 0 spiro atoms. The molecule has 0 aliphatic rings. The lowest BCUT2D eigenvalue weighted by Gasteiger charge is -2.11. The third kappa shape index (κ3) is 2.93. The quantitative estimate of drug-likeness (QED) is 0.710. The highest BCUT2D eigenvalue weighted by Crippen LogP contribution is 2.37. The molecule has 0 aliphatic heterocycles. The van der Waals surface area contributed by atoms with Crippen LogP contribution in [0, 0.1) is 0 Å². The van der Waals surface area contributed by atoms with Crippen LogP contribution >= 0.6 is 0 Å². The zero-order valence-corrected chi connectivity index (χ0v) is 14.1. The molecule has 8 heteroatoms. The lowest BCUT2D eigenvalue weighted by molar-refractivity contribution is 0.0520. The van der Waals surface area contributed by atoms with Crippen LogP contribution in [0.5, 0.6) is 5.75 Å². The number of esters is 1. The number of methoxy groups -OCH3 is 1. The molecule has 0 unspecified atom stereocenters. The smallest absolute Gasteiger partial charge is 0.361 e. The molecule has 25 heavy (non-hydrogen) atoms. The van der Waals surface area contributed by atoms with Crippen LogP contribution in [0.4, 0.5) is 5.69 Å². The van der Waals surface area contributed by atoms with Crippen molar-refractivity contribution in [2.45, 2.75) is 6.92 Å². The van der Waals surface area contributed by atoms with E-state index in [0.29, 0.717) is 22.9 Å². The minimum Gasteiger partial charge on any atom is -0.496 e. The van der Waals surface area contributed by atoms with Crippen molar-refractivity contribution < 1.29 is 18.7 Å². The third-order valence-electron chi connectivity index (χ3n) is 3.69. The Balaban J connectivity index is 2.15. The van der Waals surface area contributed by atoms with Crippen LogP contribution in [0.3, 0.4) is 0 Å². The lowest BCUT2D eigenvalue weighted by atomic mass is 10.0. The summed E-state index contributed by atoms with van der Waals surface area (Å²) in [4.78, 5) is 16.2. The van der Waals surface area contributed by atoms with Gasteiger partial charge in [-0.3, -0.25) is 4.68 Å². The number of aromatic nitrogens is 3. The second-order valence-corrected chi connectivity index (χ2v) is 5.21. The van der Waals surface area contributed by atoms with Crippen molar-refractivity contribution in [3.05, 3.63) is 36.4 Å². The van der Waals surface area contributed by atoms with Crippen molar-refractivity contribution in [1.29, 1.82) is 0 Å². The number of nitrogens with two attached hydrogens (primary N) is 1. The fourth-order valence-electron chi connectivity index (χ4n) is 2.60. The fourth-order valence-corrected chi connectivity index (χ4v) is 2.60. The fraction of sp³-hybridized carbons (Fsp3) is 0.235. The summed E-state index contributed by atoms with van der Waals surface area (Å²) in [5.74, 6) is 0.486. The maximum absolute atomic E-state index is 12.0. The molecule has 0 saturated carbocycles. The van der Waals surface area contributed by atoms with Crippen molar-refractivity contribution in [1.82, 2.24) is 14.8 Å². The normalized spacial score (nSPS) is 10.7. The number of nitrogens with zero attached hydrogens (tertiary/aromatic N) is 3. The van der Waals surface area contributed by atoms with Gasteiger partial charge in [-0.15, -0.1) is 0 Å². The SMILES string of the molecule is CCOC(=O)c1nn(C)c(-c2cc(-c3ncco3)ccc2OC)c1N. The largest absolute Gasteiger partial charge is 0.496 e. The van der Waals surface area contributed by atoms with Gasteiger partial charge in [0.2, 0.25) is 5.89 Å². The first-order valence-corrected chi connectivity index (χ1v) is 7.64. The first-order valence-electron chi connectivity index (χ1n) is 7.64. The van der Waals surface area contributed by atoms with Gasteiger partial charge in [0, 0.05) is 18.2 Å². The number of carbonyl (C=O) groups is 1. The summed E-state index contributed by atoms with van der Waals surface area (Å²) in [6, 6.07) is 5.44. The van der Waals surface area contributed by atoms with Crippen LogP contribution in [0.1, 0.15) is 17.4 Å². The number of rotatable bonds is 5. The van der Waals surface area contributed by atoms with Crippen LogP contribution < -0.4 is 10.5 Å². The Labute approximate surface area is 144 Å². The number of ether oxygens (including phenoxy) is 2.